The molecule has 2 atom stereocenters. The number of rotatable bonds is 4. The average Bonchev–Trinajstić information content (AvgIpc) is 2.49. The Morgan fingerprint density at radius 2 is 1.77 bits per heavy atom. The average molecular weight is 323 g/mol. The minimum atomic E-state index is -2.79. The molecule has 2 aliphatic rings. The van der Waals surface area contributed by atoms with Gasteiger partial charge in [-0.3, -0.25) is 0 Å². The monoisotopic (exact) mass is 323 g/mol. The van der Waals surface area contributed by atoms with Crippen LogP contribution in [0.2, 0.25) is 0 Å². The van der Waals surface area contributed by atoms with E-state index in [0.717, 1.165) is 25.0 Å². The highest BCUT2D eigenvalue weighted by Crippen LogP contribution is 2.43. The van der Waals surface area contributed by atoms with Crippen LogP contribution in [0, 0.1) is 5.41 Å². The van der Waals surface area contributed by atoms with Gasteiger partial charge in [0.2, 0.25) is 0 Å². The third kappa shape index (κ3) is 3.30. The molecule has 1 heterocycles. The molecule has 2 fully saturated rings. The Bertz CT molecular complexity index is 598. The Morgan fingerprint density at radius 1 is 1.14 bits per heavy atom. The first-order chi connectivity index (χ1) is 10.4. The first kappa shape index (κ1) is 15.8. The minimum absolute atomic E-state index is 0.0617. The minimum Gasteiger partial charge on any atom is -0.490 e. The fourth-order valence-corrected chi connectivity index (χ4v) is 4.86. The van der Waals surface area contributed by atoms with Gasteiger partial charge in [-0.2, -0.15) is 0 Å². The molecule has 0 aromatic heterocycles. The molecule has 0 bridgehead atoms. The Balaban J connectivity index is 1.53. The van der Waals surface area contributed by atoms with Crippen LogP contribution >= 0.6 is 0 Å². The van der Waals surface area contributed by atoms with E-state index in [1.807, 2.05) is 30.3 Å². The maximum atomic E-state index is 11.5. The maximum Gasteiger partial charge on any atom is 0.150 e. The number of hydrogen-bond donors (Lipinski definition) is 1. The van der Waals surface area contributed by atoms with E-state index in [0.29, 0.717) is 23.6 Å². The molecule has 1 saturated carbocycles. The number of nitrogens with one attached hydrogen (secondary N) is 1. The molecule has 1 N–H and O–H groups in total. The molecule has 4 nitrogen and oxygen atoms in total. The molecule has 122 valence electrons. The van der Waals surface area contributed by atoms with E-state index in [-0.39, 0.29) is 11.5 Å². The molecule has 0 unspecified atom stereocenters. The summed E-state index contributed by atoms with van der Waals surface area (Å²) < 4.78 is 29.1. The molecule has 1 aromatic rings. The first-order valence-corrected chi connectivity index (χ1v) is 9.87. The van der Waals surface area contributed by atoms with Gasteiger partial charge in [0.1, 0.15) is 21.7 Å². The van der Waals surface area contributed by atoms with Crippen molar-refractivity contribution in [3.8, 4) is 5.75 Å². The molecular formula is C17H25NO3S. The standard InChI is InChI=1S/C17H25NO3S/c1-17(2)15(18-13-8-10-22(19,20)11-9-13)12-16(17)21-14-6-4-3-5-7-14/h3-7,13,15-16,18H,8-12H2,1-2H3/t15-,16+/m0/s1. The molecule has 5 heteroatoms. The van der Waals surface area contributed by atoms with Crippen LogP contribution in [-0.2, 0) is 9.84 Å². The zero-order valence-corrected chi connectivity index (χ0v) is 14.1. The van der Waals surface area contributed by atoms with E-state index in [2.05, 4.69) is 19.2 Å². The van der Waals surface area contributed by atoms with Crippen LogP contribution in [0.25, 0.3) is 0 Å². The van der Waals surface area contributed by atoms with Gasteiger partial charge in [0.25, 0.3) is 0 Å². The van der Waals surface area contributed by atoms with Crippen molar-refractivity contribution in [1.29, 1.82) is 0 Å². The lowest BCUT2D eigenvalue weighted by Gasteiger charge is -2.53. The van der Waals surface area contributed by atoms with Crippen LogP contribution in [0.1, 0.15) is 33.1 Å². The van der Waals surface area contributed by atoms with Gasteiger partial charge in [0.15, 0.2) is 0 Å². The van der Waals surface area contributed by atoms with E-state index in [1.54, 1.807) is 0 Å². The lowest BCUT2D eigenvalue weighted by Crippen LogP contribution is -2.64. The van der Waals surface area contributed by atoms with E-state index in [4.69, 9.17) is 4.74 Å². The molecule has 1 aromatic carbocycles. The van der Waals surface area contributed by atoms with E-state index in [9.17, 15) is 8.42 Å². The van der Waals surface area contributed by atoms with Crippen molar-refractivity contribution in [2.75, 3.05) is 11.5 Å². The van der Waals surface area contributed by atoms with Crippen LogP contribution < -0.4 is 10.1 Å². The van der Waals surface area contributed by atoms with Crippen LogP contribution in [0.5, 0.6) is 5.75 Å². The van der Waals surface area contributed by atoms with Gasteiger partial charge in [-0.25, -0.2) is 8.42 Å². The maximum absolute atomic E-state index is 11.5. The topological polar surface area (TPSA) is 55.4 Å². The van der Waals surface area contributed by atoms with Crippen LogP contribution in [0.4, 0.5) is 0 Å². The highest BCUT2D eigenvalue weighted by molar-refractivity contribution is 7.91. The molecule has 0 radical (unpaired) electrons. The lowest BCUT2D eigenvalue weighted by atomic mass is 9.64. The van der Waals surface area contributed by atoms with Crippen LogP contribution in [0.3, 0.4) is 0 Å². The second kappa shape index (κ2) is 5.85. The van der Waals surface area contributed by atoms with Crippen molar-refractivity contribution in [1.82, 2.24) is 5.32 Å². The highest BCUT2D eigenvalue weighted by Gasteiger charge is 2.50. The SMILES string of the molecule is CC1(C)[C@@H](NC2CCS(=O)(=O)CC2)C[C@H]1Oc1ccccc1. The Labute approximate surface area is 133 Å². The summed E-state index contributed by atoms with van der Waals surface area (Å²) in [7, 11) is -2.79. The second-order valence-electron chi connectivity index (χ2n) is 7.12. The number of para-hydroxylation sites is 1. The van der Waals surface area contributed by atoms with Gasteiger partial charge >= 0.3 is 0 Å². The van der Waals surface area contributed by atoms with E-state index >= 15 is 0 Å². The Kier molecular flexibility index (Phi) is 4.21. The zero-order chi connectivity index (χ0) is 15.8. The molecular weight excluding hydrogens is 298 g/mol. The summed E-state index contributed by atoms with van der Waals surface area (Å²) in [5.74, 6) is 1.56. The normalized spacial score (nSPS) is 30.5. The predicted molar refractivity (Wildman–Crippen MR) is 87.9 cm³/mol. The summed E-state index contributed by atoms with van der Waals surface area (Å²) in [5.41, 5.74) is 0.0617. The highest BCUT2D eigenvalue weighted by atomic mass is 32.2. The van der Waals surface area contributed by atoms with Gasteiger partial charge in [-0.15, -0.1) is 0 Å². The third-order valence-electron chi connectivity index (χ3n) is 5.19. The molecule has 3 rings (SSSR count). The smallest absolute Gasteiger partial charge is 0.150 e. The quantitative estimate of drug-likeness (QED) is 0.924. The van der Waals surface area contributed by atoms with Gasteiger partial charge in [0.05, 0.1) is 11.5 Å². The molecule has 1 saturated heterocycles. The van der Waals surface area contributed by atoms with Crippen molar-refractivity contribution in [2.24, 2.45) is 5.41 Å². The lowest BCUT2D eigenvalue weighted by molar-refractivity contribution is -0.0590. The van der Waals surface area contributed by atoms with Crippen LogP contribution in [-0.4, -0.2) is 38.1 Å². The fraction of sp³-hybridized carbons (Fsp3) is 0.647. The Hall–Kier alpha value is -1.07. The summed E-state index contributed by atoms with van der Waals surface area (Å²) >= 11 is 0. The zero-order valence-electron chi connectivity index (χ0n) is 13.3. The molecule has 1 aliphatic heterocycles. The van der Waals surface area contributed by atoms with Crippen LogP contribution in [0.15, 0.2) is 30.3 Å². The molecule has 0 amide bonds. The van der Waals surface area contributed by atoms with E-state index < -0.39 is 9.84 Å². The van der Waals surface area contributed by atoms with Crippen molar-refractivity contribution >= 4 is 9.84 Å². The van der Waals surface area contributed by atoms with Gasteiger partial charge in [0, 0.05) is 23.9 Å². The number of benzene rings is 1. The molecule has 22 heavy (non-hydrogen) atoms. The second-order valence-corrected chi connectivity index (χ2v) is 9.43. The first-order valence-electron chi connectivity index (χ1n) is 8.05. The fourth-order valence-electron chi connectivity index (χ4n) is 3.37. The van der Waals surface area contributed by atoms with Crippen molar-refractivity contribution in [2.45, 2.75) is 51.3 Å². The summed E-state index contributed by atoms with van der Waals surface area (Å²) in [6.45, 7) is 4.45. The summed E-state index contributed by atoms with van der Waals surface area (Å²) in [5, 5.41) is 3.65. The van der Waals surface area contributed by atoms with Crippen molar-refractivity contribution in [3.63, 3.8) is 0 Å². The summed E-state index contributed by atoms with van der Waals surface area (Å²) in [4.78, 5) is 0. The van der Waals surface area contributed by atoms with Gasteiger partial charge in [-0.05, 0) is 25.0 Å². The molecule has 1 aliphatic carbocycles. The van der Waals surface area contributed by atoms with Crippen molar-refractivity contribution in [3.05, 3.63) is 30.3 Å². The third-order valence-corrected chi connectivity index (χ3v) is 6.91. The van der Waals surface area contributed by atoms with Gasteiger partial charge < -0.3 is 10.1 Å². The Morgan fingerprint density at radius 3 is 2.36 bits per heavy atom. The largest absolute Gasteiger partial charge is 0.490 e. The van der Waals surface area contributed by atoms with E-state index in [1.165, 1.54) is 0 Å². The van der Waals surface area contributed by atoms with Gasteiger partial charge in [-0.1, -0.05) is 32.0 Å². The predicted octanol–water partition coefficient (Wildman–Crippen LogP) is 2.40. The molecule has 0 spiro atoms. The number of ether oxygens (including phenoxy) is 1. The number of hydrogen-bond acceptors (Lipinski definition) is 4. The van der Waals surface area contributed by atoms with Crippen molar-refractivity contribution < 1.29 is 13.2 Å². The summed E-state index contributed by atoms with van der Waals surface area (Å²) in [6.07, 6.45) is 2.66. The summed E-state index contributed by atoms with van der Waals surface area (Å²) in [6, 6.07) is 10.7. The number of sulfone groups is 1.